The van der Waals surface area contributed by atoms with Crippen LogP contribution in [0.2, 0.25) is 0 Å². The van der Waals surface area contributed by atoms with Gasteiger partial charge in [-0.2, -0.15) is 0 Å². The predicted octanol–water partition coefficient (Wildman–Crippen LogP) is 0.487. The van der Waals surface area contributed by atoms with E-state index in [1.165, 1.54) is 11.2 Å². The lowest BCUT2D eigenvalue weighted by atomic mass is 10.3. The molecule has 0 fully saturated rings. The first-order chi connectivity index (χ1) is 8.99. The SMILES string of the molecule is Cc1cc(OCC(=O)N(C)CCCC(=O)O)ncn1. The van der Waals surface area contributed by atoms with Crippen LogP contribution in [-0.4, -0.2) is 52.1 Å². The van der Waals surface area contributed by atoms with Gasteiger partial charge < -0.3 is 14.7 Å². The van der Waals surface area contributed by atoms with Gasteiger partial charge >= 0.3 is 5.97 Å². The van der Waals surface area contributed by atoms with Crippen LogP contribution >= 0.6 is 0 Å². The number of carbonyl (C=O) groups excluding carboxylic acids is 1. The van der Waals surface area contributed by atoms with Gasteiger partial charge in [0.2, 0.25) is 5.88 Å². The second-order valence-corrected chi connectivity index (χ2v) is 4.10. The van der Waals surface area contributed by atoms with Crippen molar-refractivity contribution >= 4 is 11.9 Å². The summed E-state index contributed by atoms with van der Waals surface area (Å²) < 4.78 is 5.24. The van der Waals surface area contributed by atoms with Gasteiger partial charge in [0.15, 0.2) is 6.61 Å². The zero-order valence-electron chi connectivity index (χ0n) is 11.0. The molecule has 0 saturated heterocycles. The Labute approximate surface area is 111 Å². The summed E-state index contributed by atoms with van der Waals surface area (Å²) in [5, 5.41) is 8.50. The predicted molar refractivity (Wildman–Crippen MR) is 66.8 cm³/mol. The van der Waals surface area contributed by atoms with Gasteiger partial charge in [-0.05, 0) is 13.3 Å². The third-order valence-corrected chi connectivity index (χ3v) is 2.43. The number of amides is 1. The van der Waals surface area contributed by atoms with Gasteiger partial charge in [-0.15, -0.1) is 0 Å². The normalized spacial score (nSPS) is 10.0. The summed E-state index contributed by atoms with van der Waals surface area (Å²) in [6.45, 7) is 2.06. The maximum absolute atomic E-state index is 11.7. The van der Waals surface area contributed by atoms with Crippen molar-refractivity contribution in [1.29, 1.82) is 0 Å². The molecule has 0 aliphatic rings. The number of hydrogen-bond acceptors (Lipinski definition) is 5. The second kappa shape index (κ2) is 7.30. The summed E-state index contributed by atoms with van der Waals surface area (Å²) >= 11 is 0. The Balaban J connectivity index is 2.32. The quantitative estimate of drug-likeness (QED) is 0.772. The number of hydrogen-bond donors (Lipinski definition) is 1. The van der Waals surface area contributed by atoms with E-state index in [9.17, 15) is 9.59 Å². The van der Waals surface area contributed by atoms with Gasteiger partial charge in [0.25, 0.3) is 5.91 Å². The average Bonchev–Trinajstić information content (AvgIpc) is 2.35. The van der Waals surface area contributed by atoms with Crippen molar-refractivity contribution in [1.82, 2.24) is 14.9 Å². The highest BCUT2D eigenvalue weighted by molar-refractivity contribution is 5.77. The third-order valence-electron chi connectivity index (χ3n) is 2.43. The van der Waals surface area contributed by atoms with Crippen LogP contribution in [0.3, 0.4) is 0 Å². The van der Waals surface area contributed by atoms with Crippen molar-refractivity contribution in [2.24, 2.45) is 0 Å². The number of carbonyl (C=O) groups is 2. The van der Waals surface area contributed by atoms with Crippen LogP contribution in [0.5, 0.6) is 5.88 Å². The first kappa shape index (κ1) is 14.9. The molecule has 1 N–H and O–H groups in total. The van der Waals surface area contributed by atoms with Crippen LogP contribution in [0.4, 0.5) is 0 Å². The molecule has 0 spiro atoms. The van der Waals surface area contributed by atoms with Crippen LogP contribution in [-0.2, 0) is 9.59 Å². The first-order valence-corrected chi connectivity index (χ1v) is 5.86. The maximum Gasteiger partial charge on any atom is 0.303 e. The molecule has 0 saturated carbocycles. The summed E-state index contributed by atoms with van der Waals surface area (Å²) in [4.78, 5) is 31.3. The molecule has 1 heterocycles. The van der Waals surface area contributed by atoms with Crippen LogP contribution in [0.15, 0.2) is 12.4 Å². The van der Waals surface area contributed by atoms with E-state index >= 15 is 0 Å². The Hall–Kier alpha value is -2.18. The highest BCUT2D eigenvalue weighted by Crippen LogP contribution is 2.05. The van der Waals surface area contributed by atoms with Gasteiger partial charge in [0, 0.05) is 31.8 Å². The van der Waals surface area contributed by atoms with Crippen LogP contribution < -0.4 is 4.74 Å². The fraction of sp³-hybridized carbons (Fsp3) is 0.500. The van der Waals surface area contributed by atoms with Crippen LogP contribution in [0.25, 0.3) is 0 Å². The summed E-state index contributed by atoms with van der Waals surface area (Å²) in [5.74, 6) is -0.741. The van der Waals surface area contributed by atoms with Gasteiger partial charge in [0.05, 0.1) is 0 Å². The molecule has 1 aromatic heterocycles. The number of aliphatic carboxylic acids is 1. The lowest BCUT2D eigenvalue weighted by Gasteiger charge is -2.16. The summed E-state index contributed by atoms with van der Waals surface area (Å²) in [5.41, 5.74) is 0.757. The fourth-order valence-electron chi connectivity index (χ4n) is 1.35. The molecule has 0 radical (unpaired) electrons. The molecule has 1 rings (SSSR count). The van der Waals surface area contributed by atoms with E-state index in [4.69, 9.17) is 9.84 Å². The molecular formula is C12H17N3O4. The molecule has 1 amide bonds. The average molecular weight is 267 g/mol. The van der Waals surface area contributed by atoms with Crippen molar-refractivity contribution in [3.05, 3.63) is 18.1 Å². The molecule has 104 valence electrons. The summed E-state index contributed by atoms with van der Waals surface area (Å²) in [7, 11) is 1.61. The number of nitrogens with zero attached hydrogens (tertiary/aromatic N) is 3. The number of carboxylic acid groups (broad SMARTS) is 1. The number of ether oxygens (including phenoxy) is 1. The van der Waals surface area contributed by atoms with E-state index in [1.54, 1.807) is 20.0 Å². The zero-order chi connectivity index (χ0) is 14.3. The minimum absolute atomic E-state index is 0.0452. The summed E-state index contributed by atoms with van der Waals surface area (Å²) in [6.07, 6.45) is 1.83. The number of rotatable bonds is 7. The van der Waals surface area contributed by atoms with Crippen molar-refractivity contribution < 1.29 is 19.4 Å². The largest absolute Gasteiger partial charge is 0.481 e. The number of likely N-dealkylation sites (N-methyl/N-ethyl adjacent to an activating group) is 1. The van der Waals surface area contributed by atoms with Crippen molar-refractivity contribution in [2.75, 3.05) is 20.2 Å². The molecule has 7 nitrogen and oxygen atoms in total. The van der Waals surface area contributed by atoms with Gasteiger partial charge in [0.1, 0.15) is 6.33 Å². The van der Waals surface area contributed by atoms with E-state index < -0.39 is 5.97 Å². The van der Waals surface area contributed by atoms with Crippen molar-refractivity contribution in [2.45, 2.75) is 19.8 Å². The van der Waals surface area contributed by atoms with E-state index in [2.05, 4.69) is 9.97 Å². The molecule has 0 unspecified atom stereocenters. The van der Waals surface area contributed by atoms with E-state index in [0.29, 0.717) is 18.8 Å². The Morgan fingerprint density at radius 3 is 2.79 bits per heavy atom. The van der Waals surface area contributed by atoms with E-state index in [0.717, 1.165) is 5.69 Å². The number of aromatic nitrogens is 2. The molecule has 19 heavy (non-hydrogen) atoms. The molecule has 0 aliphatic carbocycles. The van der Waals surface area contributed by atoms with Gasteiger partial charge in [-0.3, -0.25) is 9.59 Å². The van der Waals surface area contributed by atoms with Crippen molar-refractivity contribution in [3.8, 4) is 5.88 Å². The lowest BCUT2D eigenvalue weighted by Crippen LogP contribution is -2.32. The topological polar surface area (TPSA) is 92.6 Å². The highest BCUT2D eigenvalue weighted by Gasteiger charge is 2.10. The maximum atomic E-state index is 11.7. The second-order valence-electron chi connectivity index (χ2n) is 4.10. The van der Waals surface area contributed by atoms with Crippen molar-refractivity contribution in [3.63, 3.8) is 0 Å². The lowest BCUT2D eigenvalue weighted by molar-refractivity contribution is -0.138. The van der Waals surface area contributed by atoms with E-state index in [1.807, 2.05) is 0 Å². The van der Waals surface area contributed by atoms with Crippen LogP contribution in [0.1, 0.15) is 18.5 Å². The zero-order valence-corrected chi connectivity index (χ0v) is 11.0. The minimum atomic E-state index is -0.867. The van der Waals surface area contributed by atoms with Gasteiger partial charge in [-0.1, -0.05) is 0 Å². The highest BCUT2D eigenvalue weighted by atomic mass is 16.5. The first-order valence-electron chi connectivity index (χ1n) is 5.86. The molecule has 0 aliphatic heterocycles. The fourth-order valence-corrected chi connectivity index (χ4v) is 1.35. The Morgan fingerprint density at radius 2 is 2.16 bits per heavy atom. The third kappa shape index (κ3) is 5.80. The Morgan fingerprint density at radius 1 is 1.42 bits per heavy atom. The minimum Gasteiger partial charge on any atom is -0.481 e. The molecular weight excluding hydrogens is 250 g/mol. The van der Waals surface area contributed by atoms with Gasteiger partial charge in [-0.25, -0.2) is 9.97 Å². The summed E-state index contributed by atoms with van der Waals surface area (Å²) in [6, 6.07) is 1.64. The van der Waals surface area contributed by atoms with E-state index in [-0.39, 0.29) is 18.9 Å². The Bertz CT molecular complexity index is 450. The molecule has 0 atom stereocenters. The molecule has 0 aromatic carbocycles. The standard InChI is InChI=1S/C12H17N3O4/c1-9-6-10(14-8-13-9)19-7-11(16)15(2)5-3-4-12(17)18/h6,8H,3-5,7H2,1-2H3,(H,17,18). The van der Waals surface area contributed by atoms with Crippen LogP contribution in [0, 0.1) is 6.92 Å². The molecule has 0 bridgehead atoms. The number of carboxylic acids is 1. The Kier molecular flexibility index (Phi) is 5.72. The smallest absolute Gasteiger partial charge is 0.303 e. The number of aryl methyl sites for hydroxylation is 1. The molecule has 7 heteroatoms. The molecule has 1 aromatic rings. The monoisotopic (exact) mass is 267 g/mol.